The quantitative estimate of drug-likeness (QED) is 0.917. The monoisotopic (exact) mass is 273 g/mol. The van der Waals surface area contributed by atoms with Crippen molar-refractivity contribution in [2.24, 2.45) is 11.8 Å². The topological polar surface area (TPSA) is 40.5 Å². The highest BCUT2D eigenvalue weighted by Crippen LogP contribution is 2.48. The molecular formula is C17H23NO2. The van der Waals surface area contributed by atoms with Crippen LogP contribution in [0.4, 0.5) is 0 Å². The van der Waals surface area contributed by atoms with Crippen LogP contribution in [0, 0.1) is 11.8 Å². The van der Waals surface area contributed by atoms with E-state index in [2.05, 4.69) is 42.2 Å². The molecule has 0 aromatic heterocycles. The molecule has 1 aromatic carbocycles. The predicted octanol–water partition coefficient (Wildman–Crippen LogP) is 2.98. The third kappa shape index (κ3) is 2.73. The Kier molecular flexibility index (Phi) is 3.79. The predicted molar refractivity (Wildman–Crippen MR) is 78.7 cm³/mol. The number of carbonyl (C=O) groups is 1. The summed E-state index contributed by atoms with van der Waals surface area (Å²) in [6.07, 6.45) is 3.11. The Balaban J connectivity index is 1.58. The molecular weight excluding hydrogens is 250 g/mol. The van der Waals surface area contributed by atoms with Gasteiger partial charge in [0.1, 0.15) is 0 Å². The van der Waals surface area contributed by atoms with Crippen LogP contribution in [0.2, 0.25) is 0 Å². The van der Waals surface area contributed by atoms with E-state index in [4.69, 9.17) is 0 Å². The number of benzene rings is 1. The van der Waals surface area contributed by atoms with Gasteiger partial charge >= 0.3 is 5.97 Å². The van der Waals surface area contributed by atoms with Crippen molar-refractivity contribution in [2.75, 3.05) is 13.1 Å². The van der Waals surface area contributed by atoms with E-state index in [1.807, 2.05) is 0 Å². The third-order valence-corrected chi connectivity index (χ3v) is 5.06. The number of carboxylic acid groups (broad SMARTS) is 1. The van der Waals surface area contributed by atoms with Crippen molar-refractivity contribution in [1.82, 2.24) is 4.90 Å². The van der Waals surface area contributed by atoms with Gasteiger partial charge in [0.15, 0.2) is 0 Å². The molecule has 0 amide bonds. The maximum atomic E-state index is 11.3. The van der Waals surface area contributed by atoms with Crippen LogP contribution in [0.5, 0.6) is 0 Å². The number of aliphatic carboxylic acids is 1. The van der Waals surface area contributed by atoms with Gasteiger partial charge in [-0.25, -0.2) is 0 Å². The summed E-state index contributed by atoms with van der Waals surface area (Å²) in [6.45, 7) is 4.20. The molecule has 3 heteroatoms. The lowest BCUT2D eigenvalue weighted by atomic mass is 9.90. The average Bonchev–Trinajstić information content (AvgIpc) is 3.21. The van der Waals surface area contributed by atoms with Crippen molar-refractivity contribution in [2.45, 2.75) is 38.1 Å². The van der Waals surface area contributed by atoms with Crippen molar-refractivity contribution in [3.8, 4) is 0 Å². The number of piperidine rings is 1. The van der Waals surface area contributed by atoms with Gasteiger partial charge in [-0.05, 0) is 50.1 Å². The van der Waals surface area contributed by atoms with Gasteiger partial charge < -0.3 is 5.11 Å². The lowest BCUT2D eigenvalue weighted by Crippen LogP contribution is -2.47. The number of likely N-dealkylation sites (tertiary alicyclic amines) is 1. The lowest BCUT2D eigenvalue weighted by Gasteiger charge is -2.37. The summed E-state index contributed by atoms with van der Waals surface area (Å²) in [5.41, 5.74) is 1.44. The van der Waals surface area contributed by atoms with Crippen LogP contribution >= 0.6 is 0 Å². The fraction of sp³-hybridized carbons (Fsp3) is 0.588. The summed E-state index contributed by atoms with van der Waals surface area (Å²) in [7, 11) is 0. The van der Waals surface area contributed by atoms with Crippen LogP contribution in [0.3, 0.4) is 0 Å². The largest absolute Gasteiger partial charge is 0.481 e. The highest BCUT2D eigenvalue weighted by Gasteiger charge is 2.42. The smallest absolute Gasteiger partial charge is 0.308 e. The van der Waals surface area contributed by atoms with Crippen molar-refractivity contribution >= 4 is 5.97 Å². The maximum absolute atomic E-state index is 11.3. The first-order valence-corrected chi connectivity index (χ1v) is 7.68. The zero-order chi connectivity index (χ0) is 14.1. The van der Waals surface area contributed by atoms with Crippen LogP contribution in [0.15, 0.2) is 30.3 Å². The minimum atomic E-state index is -0.627. The first kappa shape index (κ1) is 13.6. The van der Waals surface area contributed by atoms with Crippen LogP contribution < -0.4 is 0 Å². The average molecular weight is 273 g/mol. The van der Waals surface area contributed by atoms with Crippen LogP contribution in [0.25, 0.3) is 0 Å². The molecule has 0 spiro atoms. The molecule has 108 valence electrons. The summed E-state index contributed by atoms with van der Waals surface area (Å²) in [5.74, 6) is 0.594. The molecule has 4 atom stereocenters. The van der Waals surface area contributed by atoms with E-state index in [9.17, 15) is 9.90 Å². The molecule has 0 radical (unpaired) electrons. The summed E-state index contributed by atoms with van der Waals surface area (Å²) in [6, 6.07) is 10.9. The molecule has 1 aromatic rings. The Morgan fingerprint density at radius 3 is 2.80 bits per heavy atom. The molecule has 2 fully saturated rings. The van der Waals surface area contributed by atoms with Crippen LogP contribution in [-0.2, 0) is 4.79 Å². The molecule has 1 N–H and O–H groups in total. The molecule has 1 saturated carbocycles. The second kappa shape index (κ2) is 5.57. The first-order valence-electron chi connectivity index (χ1n) is 7.68. The second-order valence-corrected chi connectivity index (χ2v) is 6.34. The van der Waals surface area contributed by atoms with Gasteiger partial charge in [-0.15, -0.1) is 0 Å². The Morgan fingerprint density at radius 1 is 1.35 bits per heavy atom. The summed E-state index contributed by atoms with van der Waals surface area (Å²) in [5, 5.41) is 9.28. The highest BCUT2D eigenvalue weighted by atomic mass is 16.4. The maximum Gasteiger partial charge on any atom is 0.308 e. The molecule has 0 bridgehead atoms. The molecule has 2 aliphatic rings. The van der Waals surface area contributed by atoms with Crippen molar-refractivity contribution in [3.63, 3.8) is 0 Å². The van der Waals surface area contributed by atoms with Gasteiger partial charge in [-0.2, -0.15) is 0 Å². The minimum absolute atomic E-state index is 0.179. The van der Waals surface area contributed by atoms with Gasteiger partial charge in [0.05, 0.1) is 5.92 Å². The first-order chi connectivity index (χ1) is 9.66. The minimum Gasteiger partial charge on any atom is -0.481 e. The fourth-order valence-corrected chi connectivity index (χ4v) is 3.66. The summed E-state index contributed by atoms with van der Waals surface area (Å²) >= 11 is 0. The fourth-order valence-electron chi connectivity index (χ4n) is 3.66. The van der Waals surface area contributed by atoms with E-state index in [0.29, 0.717) is 11.8 Å². The van der Waals surface area contributed by atoms with E-state index in [1.54, 1.807) is 0 Å². The van der Waals surface area contributed by atoms with Crippen molar-refractivity contribution in [3.05, 3.63) is 35.9 Å². The third-order valence-electron chi connectivity index (χ3n) is 5.06. The van der Waals surface area contributed by atoms with Gasteiger partial charge in [-0.3, -0.25) is 9.69 Å². The molecule has 3 rings (SSSR count). The van der Waals surface area contributed by atoms with Gasteiger partial charge in [0.25, 0.3) is 0 Å². The van der Waals surface area contributed by atoms with E-state index >= 15 is 0 Å². The molecule has 1 heterocycles. The van der Waals surface area contributed by atoms with Crippen molar-refractivity contribution < 1.29 is 9.90 Å². The van der Waals surface area contributed by atoms with Crippen LogP contribution in [-0.4, -0.2) is 35.1 Å². The molecule has 1 aliphatic heterocycles. The zero-order valence-corrected chi connectivity index (χ0v) is 12.0. The number of hydrogen-bond donors (Lipinski definition) is 1. The van der Waals surface area contributed by atoms with Gasteiger partial charge in [-0.1, -0.05) is 30.3 Å². The Morgan fingerprint density at radius 2 is 2.10 bits per heavy atom. The summed E-state index contributed by atoms with van der Waals surface area (Å²) in [4.78, 5) is 13.7. The normalized spacial score (nSPS) is 33.9. The number of nitrogens with zero attached hydrogens (tertiary/aromatic N) is 1. The van der Waals surface area contributed by atoms with E-state index < -0.39 is 5.97 Å². The standard InChI is InChI=1S/C17H23NO2/c1-12-15(17(19)20)8-5-9-18(12)11-14-10-16(14)13-6-3-2-4-7-13/h2-4,6-7,12,14-16H,5,8-11H2,1H3,(H,19,20)/t12-,14+,15-,16+/m1/s1. The van der Waals surface area contributed by atoms with Gasteiger partial charge in [0.2, 0.25) is 0 Å². The van der Waals surface area contributed by atoms with Crippen LogP contribution in [0.1, 0.15) is 37.7 Å². The van der Waals surface area contributed by atoms with Gasteiger partial charge in [0, 0.05) is 12.6 Å². The second-order valence-electron chi connectivity index (χ2n) is 6.34. The molecule has 1 aliphatic carbocycles. The van der Waals surface area contributed by atoms with Crippen molar-refractivity contribution in [1.29, 1.82) is 0 Å². The Bertz CT molecular complexity index is 473. The Hall–Kier alpha value is -1.35. The molecule has 20 heavy (non-hydrogen) atoms. The van der Waals surface area contributed by atoms with E-state index in [0.717, 1.165) is 25.9 Å². The lowest BCUT2D eigenvalue weighted by molar-refractivity contribution is -0.145. The Labute approximate surface area is 120 Å². The highest BCUT2D eigenvalue weighted by molar-refractivity contribution is 5.70. The zero-order valence-electron chi connectivity index (χ0n) is 12.0. The van der Waals surface area contributed by atoms with E-state index in [-0.39, 0.29) is 12.0 Å². The SMILES string of the molecule is C[C@@H]1[C@H](C(=O)O)CCCN1C[C@@H]1C[C@H]1c1ccccc1. The molecule has 0 unspecified atom stereocenters. The number of rotatable bonds is 4. The molecule has 1 saturated heterocycles. The number of hydrogen-bond acceptors (Lipinski definition) is 2. The number of carboxylic acids is 1. The molecule has 3 nitrogen and oxygen atoms in total. The summed E-state index contributed by atoms with van der Waals surface area (Å²) < 4.78 is 0. The van der Waals surface area contributed by atoms with E-state index in [1.165, 1.54) is 12.0 Å².